The lowest BCUT2D eigenvalue weighted by molar-refractivity contribution is 1.12. The number of aryl methyl sites for hydroxylation is 11. The fraction of sp³-hybridized carbons (Fsp3) is 0.143. The molecule has 0 saturated carbocycles. The Morgan fingerprint density at radius 3 is 0.912 bits per heavy atom. The maximum atomic E-state index is 5.74. The summed E-state index contributed by atoms with van der Waals surface area (Å²) < 4.78 is 0. The number of hydrogen-bond acceptors (Lipinski definition) is 6. The summed E-state index contributed by atoms with van der Waals surface area (Å²) in [5.41, 5.74) is 44.9. The normalized spacial score (nSPS) is 11.3. The second-order valence-corrected chi connectivity index (χ2v) is 30.2. The molecule has 16 rings (SSSR count). The topological polar surface area (TPSA) is 109 Å². The van der Waals surface area contributed by atoms with E-state index in [-0.39, 0.29) is 0 Å². The van der Waals surface area contributed by atoms with Crippen LogP contribution in [0.15, 0.2) is 200 Å². The second kappa shape index (κ2) is 30.4. The SMILES string of the molecule is Cc1cc(C)c(-c2c3nc(c(-c4c(C)cc(C)cc4C)c4ccc([nH]4)c(-c4c(C)cc(C)cc4C)c4nc(c(-c5ccc(C#Cc6cc(C#Cc7ccc(-c8cc(-c9ccccn9)nc(-c9ccccn9)c8)cc7)cc(C#Cc7c(C)c(C)c(C#Cc8cc(C)nc(C)c8)c(C)c7C)c6)cc5)c5ccc2[nH]5)C=C4)C=C3)c(C)c1. The van der Waals surface area contributed by atoms with Crippen molar-refractivity contribution in [3.05, 3.63) is 351 Å². The maximum absolute atomic E-state index is 5.74. The van der Waals surface area contributed by atoms with Crippen LogP contribution in [-0.4, -0.2) is 39.9 Å². The summed E-state index contributed by atoms with van der Waals surface area (Å²) in [6.07, 6.45) is 12.3. The van der Waals surface area contributed by atoms with Gasteiger partial charge in [-0.2, -0.15) is 0 Å². The van der Waals surface area contributed by atoms with E-state index in [0.29, 0.717) is 0 Å². The Kier molecular flexibility index (Phi) is 19.7. The average Bonchev–Trinajstić information content (AvgIpc) is 1.61. The molecule has 2 N–H and O–H groups in total. The lowest BCUT2D eigenvalue weighted by Crippen LogP contribution is -2.01. The van der Waals surface area contributed by atoms with Crippen LogP contribution in [0.1, 0.15) is 151 Å². The predicted octanol–water partition coefficient (Wildman–Crippen LogP) is 24.1. The molecule has 0 unspecified atom stereocenters. The molecule has 2 aliphatic heterocycles. The molecular weight excluding hydrogens is 1370 g/mol. The molecule has 2 aliphatic rings. The van der Waals surface area contributed by atoms with Crippen molar-refractivity contribution < 1.29 is 0 Å². The third-order valence-electron chi connectivity index (χ3n) is 21.6. The van der Waals surface area contributed by atoms with Gasteiger partial charge in [0.2, 0.25) is 0 Å². The third kappa shape index (κ3) is 14.9. The maximum Gasteiger partial charge on any atom is 0.0900 e. The van der Waals surface area contributed by atoms with E-state index in [1.54, 1.807) is 12.4 Å². The number of fused-ring (bicyclic) bond motifs is 8. The summed E-state index contributed by atoms with van der Waals surface area (Å²) in [6, 6.07) is 65.6. The van der Waals surface area contributed by atoms with Crippen molar-refractivity contribution in [3.8, 4) is 126 Å². The van der Waals surface area contributed by atoms with Crippen molar-refractivity contribution in [3.63, 3.8) is 0 Å². The van der Waals surface area contributed by atoms with Crippen molar-refractivity contribution in [1.29, 1.82) is 0 Å². The van der Waals surface area contributed by atoms with Crippen molar-refractivity contribution in [2.24, 2.45) is 0 Å². The summed E-state index contributed by atoms with van der Waals surface area (Å²) in [4.78, 5) is 38.4. The monoisotopic (exact) mass is 1460 g/mol. The van der Waals surface area contributed by atoms with Gasteiger partial charge in [-0.25, -0.2) is 15.0 Å². The lowest BCUT2D eigenvalue weighted by Gasteiger charge is -2.14. The summed E-state index contributed by atoms with van der Waals surface area (Å²) in [7, 11) is 0. The van der Waals surface area contributed by atoms with Gasteiger partial charge < -0.3 is 9.97 Å². The zero-order valence-electron chi connectivity index (χ0n) is 66.5. The highest BCUT2D eigenvalue weighted by atomic mass is 14.8. The zero-order chi connectivity index (χ0) is 78.5. The molecule has 544 valence electrons. The van der Waals surface area contributed by atoms with Crippen LogP contribution in [0.2, 0.25) is 0 Å². The number of pyridine rings is 4. The highest BCUT2D eigenvalue weighted by molar-refractivity contribution is 6.02. The zero-order valence-corrected chi connectivity index (χ0v) is 66.5. The van der Waals surface area contributed by atoms with Crippen molar-refractivity contribution in [2.75, 3.05) is 0 Å². The van der Waals surface area contributed by atoms with Crippen LogP contribution in [0.4, 0.5) is 0 Å². The second-order valence-electron chi connectivity index (χ2n) is 30.2. The standard InChI is InChI=1S/C105H84N8/c1-61-48-64(4)99(65(5)49-61)103-91-40-38-89(109-91)102(90-39-41-92(110-90)104(100-66(6)50-62(2)51-67(100)7)94-43-45-96(112-94)105(95-44-42-93(103)111-95)101-68(8)52-63(3)53-69(101)9)83-34-28-77(29-35-83)23-25-80-56-79(57-81(58-80)31-37-86-74(14)72(12)85(73(13)75(86)15)36-30-78-54-70(10)108-71(11)55-78)24-22-76-26-32-82(33-27-76)84-59-97(87-20-16-18-46-106-87)113-98(60-84)88-21-17-19-47-107-88/h16-21,26-29,32-35,38-60,109,112H,1-15H3. The summed E-state index contributed by atoms with van der Waals surface area (Å²) >= 11 is 0. The number of aromatic nitrogens is 8. The number of benzene rings is 7. The molecule has 0 aliphatic carbocycles. The number of aromatic amines is 2. The van der Waals surface area contributed by atoms with Crippen LogP contribution in [0.3, 0.4) is 0 Å². The molecule has 0 amide bonds. The molecule has 7 aromatic heterocycles. The summed E-state index contributed by atoms with van der Waals surface area (Å²) in [6.45, 7) is 32.4. The molecule has 8 nitrogen and oxygen atoms in total. The quantitative estimate of drug-likeness (QED) is 0.154. The third-order valence-corrected chi connectivity index (χ3v) is 21.6. The Morgan fingerprint density at radius 2 is 0.558 bits per heavy atom. The van der Waals surface area contributed by atoms with Crippen molar-refractivity contribution in [2.45, 2.75) is 104 Å². The van der Waals surface area contributed by atoms with E-state index in [0.717, 1.165) is 196 Å². The Hall–Kier alpha value is -14.0. The van der Waals surface area contributed by atoms with Gasteiger partial charge >= 0.3 is 0 Å². The Morgan fingerprint density at radius 1 is 0.239 bits per heavy atom. The largest absolute Gasteiger partial charge is 0.354 e. The highest BCUT2D eigenvalue weighted by Gasteiger charge is 2.24. The molecular formula is C105H84N8. The molecule has 0 saturated heterocycles. The van der Waals surface area contributed by atoms with E-state index >= 15 is 0 Å². The summed E-state index contributed by atoms with van der Waals surface area (Å²) in [5.74, 6) is 28.4. The molecule has 8 heteroatoms. The van der Waals surface area contributed by atoms with Crippen LogP contribution >= 0.6 is 0 Å². The van der Waals surface area contributed by atoms with Crippen LogP contribution in [0.25, 0.3) is 125 Å². The molecule has 0 spiro atoms. The van der Waals surface area contributed by atoms with E-state index in [1.165, 1.54) is 55.6 Å². The first-order valence-corrected chi connectivity index (χ1v) is 38.4. The molecule has 8 bridgehead atoms. The van der Waals surface area contributed by atoms with Crippen LogP contribution < -0.4 is 0 Å². The molecule has 0 atom stereocenters. The van der Waals surface area contributed by atoms with Gasteiger partial charge in [-0.05, 0) is 332 Å². The summed E-state index contributed by atoms with van der Waals surface area (Å²) in [5, 5.41) is 0. The van der Waals surface area contributed by atoms with Gasteiger partial charge in [0.1, 0.15) is 0 Å². The Balaban J connectivity index is 0.827. The van der Waals surface area contributed by atoms with E-state index in [4.69, 9.17) is 15.0 Å². The number of H-pyrrole nitrogens is 2. The molecule has 0 fully saturated rings. The van der Waals surface area contributed by atoms with Gasteiger partial charge in [0.05, 0.1) is 45.6 Å². The van der Waals surface area contributed by atoms with Crippen molar-refractivity contribution in [1.82, 2.24) is 39.9 Å². The van der Waals surface area contributed by atoms with E-state index < -0.39 is 0 Å². The van der Waals surface area contributed by atoms with E-state index in [1.807, 2.05) is 62.4 Å². The predicted molar refractivity (Wildman–Crippen MR) is 469 cm³/mol. The minimum Gasteiger partial charge on any atom is -0.354 e. The molecule has 0 radical (unpaired) electrons. The Labute approximate surface area is 663 Å². The van der Waals surface area contributed by atoms with Gasteiger partial charge in [-0.1, -0.05) is 137 Å². The van der Waals surface area contributed by atoms with E-state index in [9.17, 15) is 0 Å². The minimum absolute atomic E-state index is 0.764. The number of nitrogens with zero attached hydrogens (tertiary/aromatic N) is 6. The van der Waals surface area contributed by atoms with Crippen molar-refractivity contribution >= 4 is 46.4 Å². The van der Waals surface area contributed by atoms with Gasteiger partial charge in [0, 0.05) is 113 Å². The number of rotatable bonds is 7. The van der Waals surface area contributed by atoms with Gasteiger partial charge in [-0.15, -0.1) is 0 Å². The van der Waals surface area contributed by atoms with Crippen LogP contribution in [0.5, 0.6) is 0 Å². The first-order chi connectivity index (χ1) is 54.6. The first kappa shape index (κ1) is 73.1. The fourth-order valence-corrected chi connectivity index (χ4v) is 16.5. The highest BCUT2D eigenvalue weighted by Crippen LogP contribution is 2.43. The number of nitrogens with one attached hydrogen (secondary N) is 2. The fourth-order valence-electron chi connectivity index (χ4n) is 16.5. The van der Waals surface area contributed by atoms with Gasteiger partial charge in [0.15, 0.2) is 0 Å². The van der Waals surface area contributed by atoms with Gasteiger partial charge in [0.25, 0.3) is 0 Å². The molecule has 7 aromatic carbocycles. The first-order valence-electron chi connectivity index (χ1n) is 38.4. The van der Waals surface area contributed by atoms with Crippen LogP contribution in [-0.2, 0) is 0 Å². The molecule has 9 heterocycles. The number of hydrogen-bond donors (Lipinski definition) is 2. The van der Waals surface area contributed by atoms with Gasteiger partial charge in [-0.3, -0.25) is 15.0 Å². The minimum atomic E-state index is 0.764. The lowest BCUT2D eigenvalue weighted by atomic mass is 9.89. The van der Waals surface area contributed by atoms with Crippen LogP contribution in [0, 0.1) is 151 Å². The van der Waals surface area contributed by atoms with E-state index in [2.05, 4.69) is 326 Å². The smallest absolute Gasteiger partial charge is 0.0900 e. The molecule has 14 aromatic rings. The average molecular weight is 1460 g/mol. The molecule has 113 heavy (non-hydrogen) atoms. The Bertz CT molecular complexity index is 6600.